The van der Waals surface area contributed by atoms with Crippen molar-refractivity contribution in [2.24, 2.45) is 0 Å². The van der Waals surface area contributed by atoms with Gasteiger partial charge in [-0.05, 0) is 25.0 Å². The van der Waals surface area contributed by atoms with Crippen LogP contribution in [-0.2, 0) is 11.0 Å². The van der Waals surface area contributed by atoms with E-state index in [9.17, 15) is 4.57 Å². The predicted octanol–water partition coefficient (Wildman–Crippen LogP) is 5.27. The van der Waals surface area contributed by atoms with Crippen LogP contribution in [-0.4, -0.2) is 19.9 Å². The lowest BCUT2D eigenvalue weighted by Gasteiger charge is -2.15. The minimum Gasteiger partial charge on any atom is -0.496 e. The molecule has 1 unspecified atom stereocenters. The van der Waals surface area contributed by atoms with Crippen LogP contribution in [0.25, 0.3) is 0 Å². The molecular weight excluding hydrogens is 283 g/mol. The first kappa shape index (κ1) is 18.0. The first-order valence-electron chi connectivity index (χ1n) is 7.79. The Bertz CT molecular complexity index is 398. The molecule has 4 heteroatoms. The van der Waals surface area contributed by atoms with Gasteiger partial charge in [0.05, 0.1) is 14.2 Å². The second kappa shape index (κ2) is 10.6. The Labute approximate surface area is 130 Å². The van der Waals surface area contributed by atoms with E-state index in [1.807, 2.05) is 18.2 Å². The zero-order chi connectivity index (χ0) is 15.5. The number of rotatable bonds is 11. The van der Waals surface area contributed by atoms with Gasteiger partial charge in [-0.1, -0.05) is 45.1 Å². The van der Waals surface area contributed by atoms with E-state index in [4.69, 9.17) is 9.47 Å². The van der Waals surface area contributed by atoms with Crippen LogP contribution in [0.2, 0.25) is 0 Å². The summed E-state index contributed by atoms with van der Waals surface area (Å²) < 4.78 is 22.3. The van der Waals surface area contributed by atoms with Gasteiger partial charge < -0.3 is 9.47 Å². The molecule has 21 heavy (non-hydrogen) atoms. The van der Waals surface area contributed by atoms with Crippen LogP contribution in [0.5, 0.6) is 11.5 Å². The molecule has 0 radical (unpaired) electrons. The molecule has 0 N–H and O–H groups in total. The second-order valence-electron chi connectivity index (χ2n) is 5.31. The average molecular weight is 310 g/mol. The van der Waals surface area contributed by atoms with Crippen LogP contribution < -0.4 is 9.47 Å². The van der Waals surface area contributed by atoms with Crippen molar-refractivity contribution < 1.29 is 14.0 Å². The Morgan fingerprint density at radius 2 is 1.67 bits per heavy atom. The first-order chi connectivity index (χ1) is 10.3. The zero-order valence-corrected chi connectivity index (χ0v) is 14.3. The first-order valence-corrected chi connectivity index (χ1v) is 8.67. The lowest BCUT2D eigenvalue weighted by molar-refractivity contribution is 0.384. The molecule has 0 aromatic heterocycles. The van der Waals surface area contributed by atoms with E-state index in [-0.39, 0.29) is 14.1 Å². The van der Waals surface area contributed by atoms with Crippen molar-refractivity contribution in [2.45, 2.75) is 57.5 Å². The molecule has 0 aliphatic carbocycles. The van der Waals surface area contributed by atoms with Gasteiger partial charge in [0.2, 0.25) is 0 Å². The molecule has 118 valence electrons. The van der Waals surface area contributed by atoms with Crippen molar-refractivity contribution >= 4 is 8.46 Å². The van der Waals surface area contributed by atoms with Crippen molar-refractivity contribution in [3.05, 3.63) is 23.8 Å². The van der Waals surface area contributed by atoms with Gasteiger partial charge in [0.15, 0.2) is 8.46 Å². The third kappa shape index (κ3) is 6.05. The van der Waals surface area contributed by atoms with E-state index >= 15 is 0 Å². The molecule has 3 nitrogen and oxygen atoms in total. The summed E-state index contributed by atoms with van der Waals surface area (Å²) in [6.45, 7) is 2.22. The van der Waals surface area contributed by atoms with E-state index in [0.717, 1.165) is 36.3 Å². The summed E-state index contributed by atoms with van der Waals surface area (Å²) in [4.78, 5) is 0. The summed E-state index contributed by atoms with van der Waals surface area (Å²) >= 11 is 0. The van der Waals surface area contributed by atoms with Crippen LogP contribution in [0.15, 0.2) is 18.2 Å². The number of methoxy groups -OCH3 is 2. The fourth-order valence-electron chi connectivity index (χ4n) is 2.54. The van der Waals surface area contributed by atoms with Gasteiger partial charge in [-0.15, -0.1) is 0 Å². The maximum absolute atomic E-state index is 11.4. The molecule has 0 heterocycles. The second-order valence-corrected chi connectivity index (χ2v) is 6.25. The topological polar surface area (TPSA) is 35.5 Å². The summed E-state index contributed by atoms with van der Waals surface area (Å²) in [5.74, 6) is 1.63. The maximum Gasteiger partial charge on any atom is 0.159 e. The molecule has 0 fully saturated rings. The van der Waals surface area contributed by atoms with Gasteiger partial charge >= 0.3 is 0 Å². The molecule has 1 aromatic rings. The molecule has 0 spiro atoms. The van der Waals surface area contributed by atoms with Crippen molar-refractivity contribution in [1.29, 1.82) is 0 Å². The molecule has 0 amide bonds. The van der Waals surface area contributed by atoms with Crippen molar-refractivity contribution in [3.63, 3.8) is 0 Å². The third-order valence-corrected chi connectivity index (χ3v) is 4.50. The van der Waals surface area contributed by atoms with Crippen molar-refractivity contribution in [3.8, 4) is 11.5 Å². The highest BCUT2D eigenvalue weighted by Gasteiger charge is 2.16. The van der Waals surface area contributed by atoms with E-state index in [1.54, 1.807) is 14.2 Å². The van der Waals surface area contributed by atoms with Gasteiger partial charge in [0, 0.05) is 11.2 Å². The third-order valence-electron chi connectivity index (χ3n) is 3.76. The number of hydrogen-bond acceptors (Lipinski definition) is 3. The fourth-order valence-corrected chi connectivity index (χ4v) is 3.09. The predicted molar refractivity (Wildman–Crippen MR) is 88.0 cm³/mol. The summed E-state index contributed by atoms with van der Waals surface area (Å²) in [6, 6.07) is 5.77. The highest BCUT2D eigenvalue weighted by atomic mass is 31.1. The maximum atomic E-state index is 11.4. The monoisotopic (exact) mass is 310 g/mol. The molecular formula is C17H27O3P. The lowest BCUT2D eigenvalue weighted by atomic mass is 10.0. The fraction of sp³-hybridized carbons (Fsp3) is 0.647. The smallest absolute Gasteiger partial charge is 0.159 e. The van der Waals surface area contributed by atoms with E-state index in [0.29, 0.717) is 0 Å². The Balaban J connectivity index is 2.62. The lowest BCUT2D eigenvalue weighted by Crippen LogP contribution is -2.07. The summed E-state index contributed by atoms with van der Waals surface area (Å²) in [7, 11) is 3.53. The Hall–Kier alpha value is -1.08. The van der Waals surface area contributed by atoms with E-state index in [2.05, 4.69) is 6.92 Å². The molecule has 0 aliphatic rings. The van der Waals surface area contributed by atoms with Crippen molar-refractivity contribution in [1.82, 2.24) is 0 Å². The number of ether oxygens (including phenoxy) is 2. The molecule has 0 aliphatic heterocycles. The van der Waals surface area contributed by atoms with Gasteiger partial charge in [-0.25, -0.2) is 0 Å². The van der Waals surface area contributed by atoms with E-state index < -0.39 is 0 Å². The molecule has 1 aromatic carbocycles. The van der Waals surface area contributed by atoms with Crippen LogP contribution in [0.4, 0.5) is 0 Å². The molecule has 0 saturated carbocycles. The van der Waals surface area contributed by atoms with Gasteiger partial charge in [-0.2, -0.15) is 0 Å². The Kier molecular flexibility index (Phi) is 9.09. The normalized spacial score (nSPS) is 12.3. The molecule has 1 atom stereocenters. The number of benzene rings is 1. The average Bonchev–Trinajstić information content (AvgIpc) is 2.53. The van der Waals surface area contributed by atoms with Crippen LogP contribution in [0, 0.1) is 0 Å². The summed E-state index contributed by atoms with van der Waals surface area (Å²) in [5, 5.41) is 0. The summed E-state index contributed by atoms with van der Waals surface area (Å²) in [6.07, 6.45) is 7.89. The van der Waals surface area contributed by atoms with Crippen LogP contribution >= 0.6 is 8.46 Å². The number of hydrogen-bond donors (Lipinski definition) is 0. The molecule has 0 bridgehead atoms. The van der Waals surface area contributed by atoms with Crippen LogP contribution in [0.1, 0.15) is 51.0 Å². The van der Waals surface area contributed by atoms with Crippen molar-refractivity contribution in [2.75, 3.05) is 14.2 Å². The van der Waals surface area contributed by atoms with Gasteiger partial charge in [0.1, 0.15) is 11.5 Å². The highest BCUT2D eigenvalue weighted by Crippen LogP contribution is 2.32. The number of unbranched alkanes of at least 4 members (excludes halogenated alkanes) is 4. The largest absolute Gasteiger partial charge is 0.496 e. The van der Waals surface area contributed by atoms with Crippen LogP contribution in [0.3, 0.4) is 0 Å². The SMILES string of the molecule is CCCCCCCC(Cc1c(OC)cccc1OC)P=O. The quantitative estimate of drug-likeness (QED) is 0.413. The zero-order valence-electron chi connectivity index (χ0n) is 13.4. The minimum atomic E-state index is 0.136. The molecule has 0 saturated heterocycles. The van der Waals surface area contributed by atoms with Gasteiger partial charge in [0.25, 0.3) is 0 Å². The van der Waals surface area contributed by atoms with Gasteiger partial charge in [-0.3, -0.25) is 4.57 Å². The standard InChI is InChI=1S/C17H27O3P/c1-4-5-6-7-8-10-14(21-18)13-15-16(19-2)11-9-12-17(15)20-3/h9,11-12,14H,4-8,10,13H2,1-3H3. The summed E-state index contributed by atoms with van der Waals surface area (Å²) in [5.41, 5.74) is 1.15. The highest BCUT2D eigenvalue weighted by molar-refractivity contribution is 7.24. The Morgan fingerprint density at radius 1 is 1.05 bits per heavy atom. The Morgan fingerprint density at radius 3 is 2.19 bits per heavy atom. The molecule has 1 rings (SSSR count). The minimum absolute atomic E-state index is 0.136. The van der Waals surface area contributed by atoms with E-state index in [1.165, 1.54) is 25.7 Å².